The Hall–Kier alpha value is -1.27. The monoisotopic (exact) mass is 282 g/mol. The van der Waals surface area contributed by atoms with Crippen LogP contribution in [0.15, 0.2) is 22.4 Å². The number of carbonyl (C=O) groups is 1. The summed E-state index contributed by atoms with van der Waals surface area (Å²) in [6, 6.07) is 3.81. The van der Waals surface area contributed by atoms with E-state index in [0.717, 1.165) is 28.5 Å². The molecule has 1 N–H and O–H groups in total. The lowest BCUT2D eigenvalue weighted by molar-refractivity contribution is 0.0702. The van der Waals surface area contributed by atoms with E-state index in [-0.39, 0.29) is 0 Å². The fourth-order valence-electron chi connectivity index (χ4n) is 1.54. The fourth-order valence-corrected chi connectivity index (χ4v) is 3.43. The lowest BCUT2D eigenvalue weighted by Crippen LogP contribution is -1.96. The standard InChI is InChI=1S/C12H14N2O2S2/c1-3-8-4-9(14(2)13-8)6-17-10-5-11(12(15)16)18-7-10/h4-5,7H,3,6H2,1-2H3,(H,15,16). The van der Waals surface area contributed by atoms with Crippen LogP contribution in [0.2, 0.25) is 0 Å². The number of carboxylic acids is 1. The molecule has 2 heterocycles. The molecule has 0 bridgehead atoms. The normalized spacial score (nSPS) is 10.8. The van der Waals surface area contributed by atoms with Crippen LogP contribution in [0.3, 0.4) is 0 Å². The van der Waals surface area contributed by atoms with E-state index in [1.165, 1.54) is 11.3 Å². The fraction of sp³-hybridized carbons (Fsp3) is 0.333. The molecule has 0 fully saturated rings. The van der Waals surface area contributed by atoms with Crippen molar-refractivity contribution in [1.82, 2.24) is 9.78 Å². The number of nitrogens with zero attached hydrogens (tertiary/aromatic N) is 2. The van der Waals surface area contributed by atoms with Gasteiger partial charge in [0.1, 0.15) is 4.88 Å². The van der Waals surface area contributed by atoms with Crippen molar-refractivity contribution in [3.63, 3.8) is 0 Å². The second kappa shape index (κ2) is 5.58. The van der Waals surface area contributed by atoms with E-state index in [2.05, 4.69) is 18.1 Å². The van der Waals surface area contributed by atoms with E-state index < -0.39 is 5.97 Å². The Morgan fingerprint density at radius 1 is 1.56 bits per heavy atom. The zero-order valence-electron chi connectivity index (χ0n) is 10.2. The van der Waals surface area contributed by atoms with Crippen LogP contribution in [0.5, 0.6) is 0 Å². The summed E-state index contributed by atoms with van der Waals surface area (Å²) in [5, 5.41) is 15.1. The third-order valence-corrected chi connectivity index (χ3v) is 4.64. The molecule has 0 saturated heterocycles. The SMILES string of the molecule is CCc1cc(CSc2csc(C(=O)O)c2)n(C)n1. The van der Waals surface area contributed by atoms with Gasteiger partial charge in [-0.05, 0) is 18.6 Å². The van der Waals surface area contributed by atoms with Crippen molar-refractivity contribution in [3.05, 3.63) is 33.8 Å². The zero-order chi connectivity index (χ0) is 13.1. The predicted molar refractivity (Wildman–Crippen MR) is 73.4 cm³/mol. The van der Waals surface area contributed by atoms with Crippen LogP contribution in [-0.4, -0.2) is 20.9 Å². The number of aryl methyl sites for hydroxylation is 2. The van der Waals surface area contributed by atoms with E-state index in [0.29, 0.717) is 4.88 Å². The van der Waals surface area contributed by atoms with Crippen molar-refractivity contribution in [2.24, 2.45) is 7.05 Å². The Balaban J connectivity index is 2.01. The van der Waals surface area contributed by atoms with Gasteiger partial charge in [0.05, 0.1) is 5.69 Å². The Bertz CT molecular complexity index is 560. The summed E-state index contributed by atoms with van der Waals surface area (Å²) in [4.78, 5) is 12.2. The van der Waals surface area contributed by atoms with E-state index in [9.17, 15) is 4.79 Å². The lowest BCUT2D eigenvalue weighted by Gasteiger charge is -1.99. The first-order valence-corrected chi connectivity index (χ1v) is 7.43. The Kier molecular flexibility index (Phi) is 4.08. The number of carboxylic acid groups (broad SMARTS) is 1. The molecular weight excluding hydrogens is 268 g/mol. The van der Waals surface area contributed by atoms with Crippen LogP contribution in [-0.2, 0) is 19.2 Å². The molecule has 0 radical (unpaired) electrons. The summed E-state index contributed by atoms with van der Waals surface area (Å²) in [6.07, 6.45) is 0.931. The molecule has 18 heavy (non-hydrogen) atoms. The predicted octanol–water partition coefficient (Wildman–Crippen LogP) is 3.03. The smallest absolute Gasteiger partial charge is 0.345 e. The number of rotatable bonds is 5. The van der Waals surface area contributed by atoms with Gasteiger partial charge in [0.15, 0.2) is 0 Å². The summed E-state index contributed by atoms with van der Waals surface area (Å²) in [6.45, 7) is 2.08. The van der Waals surface area contributed by atoms with Crippen molar-refractivity contribution in [2.45, 2.75) is 24.0 Å². The third kappa shape index (κ3) is 2.94. The Morgan fingerprint density at radius 3 is 2.89 bits per heavy atom. The van der Waals surface area contributed by atoms with Gasteiger partial charge in [-0.15, -0.1) is 23.1 Å². The molecule has 96 valence electrons. The van der Waals surface area contributed by atoms with E-state index in [1.807, 2.05) is 17.1 Å². The second-order valence-corrected chi connectivity index (χ2v) is 5.80. The van der Waals surface area contributed by atoms with Gasteiger partial charge in [-0.25, -0.2) is 4.79 Å². The number of aromatic nitrogens is 2. The van der Waals surface area contributed by atoms with E-state index in [1.54, 1.807) is 17.8 Å². The Labute approximate surface area is 114 Å². The van der Waals surface area contributed by atoms with Gasteiger partial charge in [-0.3, -0.25) is 4.68 Å². The quantitative estimate of drug-likeness (QED) is 0.856. The lowest BCUT2D eigenvalue weighted by atomic mass is 10.3. The molecule has 0 aliphatic heterocycles. The van der Waals surface area contributed by atoms with Gasteiger partial charge in [-0.1, -0.05) is 6.92 Å². The molecule has 0 aliphatic carbocycles. The van der Waals surface area contributed by atoms with Crippen molar-refractivity contribution in [1.29, 1.82) is 0 Å². The van der Waals surface area contributed by atoms with Gasteiger partial charge >= 0.3 is 5.97 Å². The van der Waals surface area contributed by atoms with Crippen molar-refractivity contribution >= 4 is 29.1 Å². The summed E-state index contributed by atoms with van der Waals surface area (Å²) in [5.41, 5.74) is 2.24. The van der Waals surface area contributed by atoms with Gasteiger partial charge in [0.2, 0.25) is 0 Å². The summed E-state index contributed by atoms with van der Waals surface area (Å²) in [7, 11) is 1.94. The second-order valence-electron chi connectivity index (χ2n) is 3.84. The number of hydrogen-bond acceptors (Lipinski definition) is 4. The molecule has 0 aromatic carbocycles. The van der Waals surface area contributed by atoms with Crippen molar-refractivity contribution < 1.29 is 9.90 Å². The highest BCUT2D eigenvalue weighted by molar-refractivity contribution is 7.98. The van der Waals surface area contributed by atoms with E-state index >= 15 is 0 Å². The van der Waals surface area contributed by atoms with Crippen LogP contribution in [0, 0.1) is 0 Å². The molecule has 0 atom stereocenters. The average Bonchev–Trinajstić information content (AvgIpc) is 2.93. The van der Waals surface area contributed by atoms with Crippen LogP contribution in [0.4, 0.5) is 0 Å². The molecule has 4 nitrogen and oxygen atoms in total. The van der Waals surface area contributed by atoms with E-state index in [4.69, 9.17) is 5.11 Å². The molecular formula is C12H14N2O2S2. The average molecular weight is 282 g/mol. The number of thioether (sulfide) groups is 1. The summed E-state index contributed by atoms with van der Waals surface area (Å²) < 4.78 is 1.89. The molecule has 2 aromatic heterocycles. The first-order chi connectivity index (χ1) is 8.60. The molecule has 6 heteroatoms. The van der Waals surface area contributed by atoms with Crippen molar-refractivity contribution in [2.75, 3.05) is 0 Å². The molecule has 0 saturated carbocycles. The highest BCUT2D eigenvalue weighted by Crippen LogP contribution is 2.27. The topological polar surface area (TPSA) is 55.1 Å². The molecule has 2 aromatic rings. The van der Waals surface area contributed by atoms with Crippen LogP contribution in [0.25, 0.3) is 0 Å². The van der Waals surface area contributed by atoms with Crippen LogP contribution >= 0.6 is 23.1 Å². The first kappa shape index (κ1) is 13.2. The number of thiophene rings is 1. The maximum atomic E-state index is 10.8. The molecule has 0 amide bonds. The number of aromatic carboxylic acids is 1. The van der Waals surface area contributed by atoms with Crippen LogP contribution < -0.4 is 0 Å². The highest BCUT2D eigenvalue weighted by Gasteiger charge is 2.09. The number of hydrogen-bond donors (Lipinski definition) is 1. The minimum Gasteiger partial charge on any atom is -0.477 e. The summed E-state index contributed by atoms with van der Waals surface area (Å²) >= 11 is 2.90. The van der Waals surface area contributed by atoms with Gasteiger partial charge in [0, 0.05) is 28.8 Å². The van der Waals surface area contributed by atoms with Gasteiger partial charge in [-0.2, -0.15) is 5.10 Å². The highest BCUT2D eigenvalue weighted by atomic mass is 32.2. The minimum absolute atomic E-state index is 0.386. The van der Waals surface area contributed by atoms with Gasteiger partial charge < -0.3 is 5.11 Å². The maximum Gasteiger partial charge on any atom is 0.345 e. The van der Waals surface area contributed by atoms with Gasteiger partial charge in [0.25, 0.3) is 0 Å². The molecule has 2 rings (SSSR count). The third-order valence-electron chi connectivity index (χ3n) is 2.56. The largest absolute Gasteiger partial charge is 0.477 e. The van der Waals surface area contributed by atoms with Crippen LogP contribution in [0.1, 0.15) is 28.0 Å². The summed E-state index contributed by atoms with van der Waals surface area (Å²) in [5.74, 6) is -0.0557. The molecule has 0 unspecified atom stereocenters. The zero-order valence-corrected chi connectivity index (χ0v) is 11.8. The minimum atomic E-state index is -0.861. The first-order valence-electron chi connectivity index (χ1n) is 5.56. The van der Waals surface area contributed by atoms with Crippen molar-refractivity contribution in [3.8, 4) is 0 Å². The molecule has 0 spiro atoms. The maximum absolute atomic E-state index is 10.8. The Morgan fingerprint density at radius 2 is 2.33 bits per heavy atom. The molecule has 0 aliphatic rings.